The molecule has 1 aliphatic carbocycles. The summed E-state index contributed by atoms with van der Waals surface area (Å²) in [6.07, 6.45) is 7.70. The van der Waals surface area contributed by atoms with E-state index in [1.165, 1.54) is 0 Å². The molecule has 0 aromatic heterocycles. The molecule has 0 saturated heterocycles. The maximum atomic E-state index is 12.3. The third kappa shape index (κ3) is 5.11. The number of carboxylic acid groups (broad SMARTS) is 1. The number of carbonyl (C=O) groups is 2. The Hall–Kier alpha value is -2.30. The van der Waals surface area contributed by atoms with Crippen molar-refractivity contribution in [3.05, 3.63) is 36.4 Å². The molecule has 0 unspecified atom stereocenters. The fourth-order valence-corrected chi connectivity index (χ4v) is 2.78. The molecule has 0 aliphatic heterocycles. The molecule has 1 aliphatic rings. The predicted molar refractivity (Wildman–Crippen MR) is 90.5 cm³/mol. The van der Waals surface area contributed by atoms with Crippen LogP contribution in [0.3, 0.4) is 0 Å². The average molecular weight is 330 g/mol. The average Bonchev–Trinajstić information content (AvgIpc) is 2.60. The van der Waals surface area contributed by atoms with Gasteiger partial charge in [-0.1, -0.05) is 31.9 Å². The van der Waals surface area contributed by atoms with E-state index in [9.17, 15) is 14.7 Å². The second-order valence-corrected chi connectivity index (χ2v) is 6.04. The van der Waals surface area contributed by atoms with Gasteiger partial charge in [0.25, 0.3) is 0 Å². The Morgan fingerprint density at radius 3 is 2.42 bits per heavy atom. The standard InChI is InChI=1S/C19H25NO4/c1-2-3-6-13-24-15-11-9-14(10-12-15)20-18(21)16-7-4-5-8-17(16)19(22)23/h4-5,9-12,16-17H,2-3,6-8,13H2,1H3,(H,20,21)(H,22,23)/p-1/t16-,17-/m0/s1. The summed E-state index contributed by atoms with van der Waals surface area (Å²) in [5.41, 5.74) is 0.632. The van der Waals surface area contributed by atoms with Gasteiger partial charge in [0, 0.05) is 17.6 Å². The van der Waals surface area contributed by atoms with Crippen LogP contribution in [0.15, 0.2) is 36.4 Å². The van der Waals surface area contributed by atoms with E-state index in [1.54, 1.807) is 30.3 Å². The normalized spacial score (nSPS) is 19.7. The number of unbranched alkanes of at least 4 members (excludes halogenated alkanes) is 2. The van der Waals surface area contributed by atoms with Crippen LogP contribution in [0, 0.1) is 11.8 Å². The molecule has 0 radical (unpaired) electrons. The van der Waals surface area contributed by atoms with Crippen LogP contribution in [-0.4, -0.2) is 18.5 Å². The lowest BCUT2D eigenvalue weighted by molar-refractivity contribution is -0.313. The smallest absolute Gasteiger partial charge is 0.228 e. The molecule has 1 aromatic rings. The van der Waals surface area contributed by atoms with E-state index in [1.807, 2.05) is 6.08 Å². The van der Waals surface area contributed by atoms with Crippen LogP contribution >= 0.6 is 0 Å². The van der Waals surface area contributed by atoms with Crippen molar-refractivity contribution in [2.45, 2.75) is 39.0 Å². The Labute approximate surface area is 142 Å². The second-order valence-electron chi connectivity index (χ2n) is 6.04. The Balaban J connectivity index is 1.89. The summed E-state index contributed by atoms with van der Waals surface area (Å²) < 4.78 is 5.63. The van der Waals surface area contributed by atoms with Crippen molar-refractivity contribution >= 4 is 17.6 Å². The number of carboxylic acids is 1. The van der Waals surface area contributed by atoms with E-state index in [0.29, 0.717) is 25.1 Å². The zero-order valence-electron chi connectivity index (χ0n) is 14.0. The number of aliphatic carboxylic acids is 1. The Morgan fingerprint density at radius 1 is 1.12 bits per heavy atom. The minimum absolute atomic E-state index is 0.287. The molecule has 1 N–H and O–H groups in total. The summed E-state index contributed by atoms with van der Waals surface area (Å²) in [5, 5.41) is 14.0. The van der Waals surface area contributed by atoms with Crippen molar-refractivity contribution in [1.82, 2.24) is 0 Å². The number of rotatable bonds is 8. The van der Waals surface area contributed by atoms with Crippen LogP contribution in [-0.2, 0) is 9.59 Å². The molecule has 5 heteroatoms. The van der Waals surface area contributed by atoms with E-state index < -0.39 is 17.8 Å². The van der Waals surface area contributed by atoms with E-state index in [-0.39, 0.29) is 5.91 Å². The van der Waals surface area contributed by atoms with Crippen molar-refractivity contribution in [3.63, 3.8) is 0 Å². The number of benzene rings is 1. The fraction of sp³-hybridized carbons (Fsp3) is 0.474. The Morgan fingerprint density at radius 2 is 1.79 bits per heavy atom. The summed E-state index contributed by atoms with van der Waals surface area (Å²) in [6, 6.07) is 7.14. The highest BCUT2D eigenvalue weighted by molar-refractivity contribution is 5.95. The molecule has 0 spiro atoms. The van der Waals surface area contributed by atoms with Gasteiger partial charge >= 0.3 is 0 Å². The molecule has 1 amide bonds. The van der Waals surface area contributed by atoms with E-state index in [4.69, 9.17) is 4.74 Å². The lowest BCUT2D eigenvalue weighted by Gasteiger charge is -2.28. The number of ether oxygens (including phenoxy) is 1. The van der Waals surface area contributed by atoms with Gasteiger partial charge < -0.3 is 20.0 Å². The summed E-state index contributed by atoms with van der Waals surface area (Å²) >= 11 is 0. The molecule has 0 heterocycles. The Kier molecular flexibility index (Phi) is 6.85. The molecule has 130 valence electrons. The molecule has 24 heavy (non-hydrogen) atoms. The van der Waals surface area contributed by atoms with Crippen LogP contribution in [0.5, 0.6) is 5.75 Å². The van der Waals surface area contributed by atoms with Crippen LogP contribution < -0.4 is 15.2 Å². The van der Waals surface area contributed by atoms with Crippen molar-refractivity contribution in [3.8, 4) is 5.75 Å². The quantitative estimate of drug-likeness (QED) is 0.587. The van der Waals surface area contributed by atoms with Crippen molar-refractivity contribution in [2.75, 3.05) is 11.9 Å². The first-order valence-electron chi connectivity index (χ1n) is 8.51. The molecule has 2 rings (SSSR count). The zero-order valence-corrected chi connectivity index (χ0v) is 14.0. The van der Waals surface area contributed by atoms with Gasteiger partial charge in [0.15, 0.2) is 0 Å². The number of amides is 1. The minimum Gasteiger partial charge on any atom is -0.550 e. The minimum atomic E-state index is -1.17. The molecule has 5 nitrogen and oxygen atoms in total. The van der Waals surface area contributed by atoms with E-state index in [0.717, 1.165) is 25.0 Å². The van der Waals surface area contributed by atoms with Gasteiger partial charge in [0.05, 0.1) is 12.5 Å². The number of hydrogen-bond donors (Lipinski definition) is 1. The lowest BCUT2D eigenvalue weighted by Crippen LogP contribution is -2.41. The predicted octanol–water partition coefficient (Wildman–Crippen LogP) is 2.53. The molecule has 0 fully saturated rings. The zero-order chi connectivity index (χ0) is 17.4. The lowest BCUT2D eigenvalue weighted by atomic mass is 9.82. The van der Waals surface area contributed by atoms with Gasteiger partial charge in [0.1, 0.15) is 5.75 Å². The molecule has 1 aromatic carbocycles. The highest BCUT2D eigenvalue weighted by Crippen LogP contribution is 2.27. The van der Waals surface area contributed by atoms with Gasteiger partial charge in [-0.15, -0.1) is 0 Å². The molecular formula is C19H24NO4-. The van der Waals surface area contributed by atoms with Crippen LogP contribution in [0.1, 0.15) is 39.0 Å². The summed E-state index contributed by atoms with van der Waals surface area (Å²) in [7, 11) is 0. The first-order chi connectivity index (χ1) is 11.6. The summed E-state index contributed by atoms with van der Waals surface area (Å²) in [4.78, 5) is 23.5. The van der Waals surface area contributed by atoms with E-state index in [2.05, 4.69) is 12.2 Å². The number of carbonyl (C=O) groups excluding carboxylic acids is 2. The SMILES string of the molecule is CCCCCOc1ccc(NC(=O)[C@H]2CC=CC[C@@H]2C(=O)[O-])cc1. The molecule has 0 bridgehead atoms. The van der Waals surface area contributed by atoms with Gasteiger partial charge in [-0.3, -0.25) is 4.79 Å². The van der Waals surface area contributed by atoms with Crippen LogP contribution in [0.25, 0.3) is 0 Å². The summed E-state index contributed by atoms with van der Waals surface area (Å²) in [6.45, 7) is 2.83. The maximum absolute atomic E-state index is 12.3. The van der Waals surface area contributed by atoms with Crippen molar-refractivity contribution in [2.24, 2.45) is 11.8 Å². The van der Waals surface area contributed by atoms with Crippen molar-refractivity contribution in [1.29, 1.82) is 0 Å². The highest BCUT2D eigenvalue weighted by atomic mass is 16.5. The first kappa shape index (κ1) is 18.0. The number of hydrogen-bond acceptors (Lipinski definition) is 4. The monoisotopic (exact) mass is 330 g/mol. The second kappa shape index (κ2) is 9.11. The number of nitrogens with one attached hydrogen (secondary N) is 1. The largest absolute Gasteiger partial charge is 0.550 e. The topological polar surface area (TPSA) is 78.5 Å². The van der Waals surface area contributed by atoms with Crippen molar-refractivity contribution < 1.29 is 19.4 Å². The van der Waals surface area contributed by atoms with Gasteiger partial charge in [-0.25, -0.2) is 0 Å². The third-order valence-corrected chi connectivity index (χ3v) is 4.21. The van der Waals surface area contributed by atoms with E-state index >= 15 is 0 Å². The Bertz CT molecular complexity index is 580. The van der Waals surface area contributed by atoms with Crippen LogP contribution in [0.4, 0.5) is 5.69 Å². The van der Waals surface area contributed by atoms with Gasteiger partial charge in [0.2, 0.25) is 5.91 Å². The van der Waals surface area contributed by atoms with Crippen LogP contribution in [0.2, 0.25) is 0 Å². The number of allylic oxidation sites excluding steroid dienone is 2. The molecule has 2 atom stereocenters. The molecule has 0 saturated carbocycles. The maximum Gasteiger partial charge on any atom is 0.228 e. The van der Waals surface area contributed by atoms with Gasteiger partial charge in [-0.05, 0) is 43.5 Å². The summed E-state index contributed by atoms with van der Waals surface area (Å²) in [5.74, 6) is -2.06. The number of anilines is 1. The third-order valence-electron chi connectivity index (χ3n) is 4.21. The van der Waals surface area contributed by atoms with Gasteiger partial charge in [-0.2, -0.15) is 0 Å². The first-order valence-corrected chi connectivity index (χ1v) is 8.51. The fourth-order valence-electron chi connectivity index (χ4n) is 2.78. The highest BCUT2D eigenvalue weighted by Gasteiger charge is 2.29. The molecular weight excluding hydrogens is 306 g/mol.